The molecule has 1 fully saturated rings. The number of carbonyl (C=O) groups is 1. The van der Waals surface area contributed by atoms with Crippen molar-refractivity contribution in [3.63, 3.8) is 0 Å². The minimum atomic E-state index is -0.0921. The Morgan fingerprint density at radius 1 is 1.38 bits per heavy atom. The average Bonchev–Trinajstić information content (AvgIpc) is 3.27. The van der Waals surface area contributed by atoms with Crippen molar-refractivity contribution in [2.75, 3.05) is 25.5 Å². The molecule has 1 aliphatic rings. The second-order valence-electron chi connectivity index (χ2n) is 5.26. The number of anilines is 1. The summed E-state index contributed by atoms with van der Waals surface area (Å²) in [6, 6.07) is 5.81. The fourth-order valence-corrected chi connectivity index (χ4v) is 2.23. The number of nitrogens with one attached hydrogen (secondary N) is 3. The molecule has 1 aromatic rings. The summed E-state index contributed by atoms with van der Waals surface area (Å²) < 4.78 is 0.943. The maximum absolute atomic E-state index is 12.0. The van der Waals surface area contributed by atoms with E-state index in [1.807, 2.05) is 25.1 Å². The van der Waals surface area contributed by atoms with Crippen molar-refractivity contribution in [3.8, 4) is 0 Å². The van der Waals surface area contributed by atoms with Crippen LogP contribution in [-0.4, -0.2) is 32.0 Å². The Labute approximate surface area is 133 Å². The number of hydrogen-bond acceptors (Lipinski definition) is 2. The van der Waals surface area contributed by atoms with Crippen LogP contribution in [0.3, 0.4) is 0 Å². The third-order valence-electron chi connectivity index (χ3n) is 3.37. The molecule has 0 atom stereocenters. The Morgan fingerprint density at radius 3 is 2.81 bits per heavy atom. The molecule has 3 N–H and O–H groups in total. The lowest BCUT2D eigenvalue weighted by Gasteiger charge is -2.12. The maximum Gasteiger partial charge on any atom is 0.243 e. The smallest absolute Gasteiger partial charge is 0.243 e. The van der Waals surface area contributed by atoms with Crippen LogP contribution in [0, 0.1) is 12.8 Å². The van der Waals surface area contributed by atoms with Gasteiger partial charge in [-0.25, -0.2) is 0 Å². The minimum Gasteiger partial charge on any atom is -0.356 e. The highest BCUT2D eigenvalue weighted by atomic mass is 79.9. The van der Waals surface area contributed by atoms with Gasteiger partial charge in [0.05, 0.1) is 6.54 Å². The molecule has 2 rings (SSSR count). The van der Waals surface area contributed by atoms with Crippen LogP contribution in [0.15, 0.2) is 27.7 Å². The molecule has 1 aliphatic carbocycles. The topological polar surface area (TPSA) is 65.5 Å². The highest BCUT2D eigenvalue weighted by Crippen LogP contribution is 2.27. The van der Waals surface area contributed by atoms with Gasteiger partial charge in [-0.15, -0.1) is 0 Å². The molecule has 6 heteroatoms. The van der Waals surface area contributed by atoms with Crippen molar-refractivity contribution in [3.05, 3.63) is 28.2 Å². The Bertz CT molecular complexity index is 540. The highest BCUT2D eigenvalue weighted by molar-refractivity contribution is 9.10. The first-order valence-electron chi connectivity index (χ1n) is 7.09. The summed E-state index contributed by atoms with van der Waals surface area (Å²) in [6.07, 6.45) is 2.57. The van der Waals surface area contributed by atoms with Gasteiger partial charge >= 0.3 is 0 Å². The van der Waals surface area contributed by atoms with Gasteiger partial charge in [-0.2, -0.15) is 0 Å². The van der Waals surface area contributed by atoms with Crippen LogP contribution in [0.5, 0.6) is 0 Å². The third kappa shape index (κ3) is 5.38. The van der Waals surface area contributed by atoms with Gasteiger partial charge in [0.15, 0.2) is 5.96 Å². The van der Waals surface area contributed by atoms with Crippen molar-refractivity contribution in [1.82, 2.24) is 10.6 Å². The van der Waals surface area contributed by atoms with E-state index in [1.165, 1.54) is 12.8 Å². The Balaban J connectivity index is 1.79. The lowest BCUT2D eigenvalue weighted by Crippen LogP contribution is -2.42. The van der Waals surface area contributed by atoms with Gasteiger partial charge in [-0.3, -0.25) is 9.79 Å². The Hall–Kier alpha value is -1.56. The number of aliphatic imine (C=N–C) groups is 1. The molecular weight excluding hydrogens is 332 g/mol. The number of amides is 1. The number of nitrogens with zero attached hydrogens (tertiary/aromatic N) is 1. The minimum absolute atomic E-state index is 0.0921. The number of carbonyl (C=O) groups excluding carboxylic acids is 1. The summed E-state index contributed by atoms with van der Waals surface area (Å²) >= 11 is 3.40. The zero-order valence-electron chi connectivity index (χ0n) is 12.4. The van der Waals surface area contributed by atoms with Gasteiger partial charge in [0.2, 0.25) is 5.91 Å². The van der Waals surface area contributed by atoms with Gasteiger partial charge in [0.25, 0.3) is 0 Å². The number of rotatable bonds is 5. The van der Waals surface area contributed by atoms with Crippen LogP contribution in [0.1, 0.15) is 18.4 Å². The predicted molar refractivity (Wildman–Crippen MR) is 89.6 cm³/mol. The van der Waals surface area contributed by atoms with Crippen molar-refractivity contribution in [2.24, 2.45) is 10.9 Å². The van der Waals surface area contributed by atoms with E-state index in [0.29, 0.717) is 5.96 Å². The summed E-state index contributed by atoms with van der Waals surface area (Å²) in [5, 5.41) is 9.14. The van der Waals surface area contributed by atoms with E-state index in [2.05, 4.69) is 36.9 Å². The summed E-state index contributed by atoms with van der Waals surface area (Å²) in [6.45, 7) is 3.08. The molecule has 114 valence electrons. The van der Waals surface area contributed by atoms with Crippen LogP contribution in [0.4, 0.5) is 5.69 Å². The molecule has 0 bridgehead atoms. The van der Waals surface area contributed by atoms with Crippen LogP contribution in [0.25, 0.3) is 0 Å². The van der Waals surface area contributed by atoms with Crippen LogP contribution in [-0.2, 0) is 4.79 Å². The summed E-state index contributed by atoms with van der Waals surface area (Å²) in [5.74, 6) is 1.34. The molecule has 0 heterocycles. The lowest BCUT2D eigenvalue weighted by molar-refractivity contribution is -0.115. The molecule has 1 amide bonds. The first-order chi connectivity index (χ1) is 10.1. The van der Waals surface area contributed by atoms with Gasteiger partial charge < -0.3 is 16.0 Å². The molecule has 0 saturated heterocycles. The molecule has 5 nitrogen and oxygen atoms in total. The van der Waals surface area contributed by atoms with Gasteiger partial charge in [-0.05, 0) is 43.4 Å². The summed E-state index contributed by atoms with van der Waals surface area (Å²) in [5.41, 5.74) is 1.85. The molecule has 1 saturated carbocycles. The Morgan fingerprint density at radius 2 is 2.14 bits per heavy atom. The van der Waals surface area contributed by atoms with Gasteiger partial charge in [0.1, 0.15) is 0 Å². The molecule has 21 heavy (non-hydrogen) atoms. The number of aryl methyl sites for hydroxylation is 1. The van der Waals surface area contributed by atoms with Gasteiger partial charge in [-0.1, -0.05) is 22.0 Å². The molecule has 1 aromatic carbocycles. The first-order valence-corrected chi connectivity index (χ1v) is 7.88. The summed E-state index contributed by atoms with van der Waals surface area (Å²) in [4.78, 5) is 16.1. The van der Waals surface area contributed by atoms with Crippen molar-refractivity contribution in [1.29, 1.82) is 0 Å². The summed E-state index contributed by atoms with van der Waals surface area (Å²) in [7, 11) is 1.71. The molecule has 0 aromatic heterocycles. The quantitative estimate of drug-likeness (QED) is 0.562. The van der Waals surface area contributed by atoms with E-state index >= 15 is 0 Å². The average molecular weight is 353 g/mol. The number of benzene rings is 1. The zero-order chi connectivity index (χ0) is 15.2. The highest BCUT2D eigenvalue weighted by Gasteiger charge is 2.21. The number of halogens is 1. The van der Waals surface area contributed by atoms with E-state index < -0.39 is 0 Å². The fraction of sp³-hybridized carbons (Fsp3) is 0.467. The van der Waals surface area contributed by atoms with E-state index in [9.17, 15) is 4.79 Å². The largest absolute Gasteiger partial charge is 0.356 e. The first kappa shape index (κ1) is 15.8. The molecule has 0 spiro atoms. The predicted octanol–water partition coefficient (Wildman–Crippen LogP) is 2.27. The van der Waals surface area contributed by atoms with E-state index in [4.69, 9.17) is 0 Å². The normalized spacial score (nSPS) is 14.7. The van der Waals surface area contributed by atoms with E-state index in [0.717, 1.165) is 28.2 Å². The monoisotopic (exact) mass is 352 g/mol. The van der Waals surface area contributed by atoms with Crippen molar-refractivity contribution in [2.45, 2.75) is 19.8 Å². The maximum atomic E-state index is 12.0. The molecule has 0 unspecified atom stereocenters. The van der Waals surface area contributed by atoms with Crippen molar-refractivity contribution < 1.29 is 4.79 Å². The fourth-order valence-electron chi connectivity index (χ4n) is 1.87. The van der Waals surface area contributed by atoms with Crippen molar-refractivity contribution >= 4 is 33.5 Å². The van der Waals surface area contributed by atoms with E-state index in [1.54, 1.807) is 7.05 Å². The van der Waals surface area contributed by atoms with Crippen LogP contribution >= 0.6 is 15.9 Å². The van der Waals surface area contributed by atoms with Crippen LogP contribution < -0.4 is 16.0 Å². The lowest BCUT2D eigenvalue weighted by atomic mass is 10.2. The van der Waals surface area contributed by atoms with Crippen LogP contribution in [0.2, 0.25) is 0 Å². The Kier molecular flexibility index (Phi) is 5.61. The second-order valence-corrected chi connectivity index (χ2v) is 6.17. The zero-order valence-corrected chi connectivity index (χ0v) is 14.0. The molecular formula is C15H21BrN4O. The second kappa shape index (κ2) is 7.45. The standard InChI is InChI=1S/C15H21BrN4O/c1-10-3-6-12(16)7-13(10)20-14(21)9-19-15(17-2)18-8-11-4-5-11/h3,6-7,11H,4-5,8-9H2,1-2H3,(H,20,21)(H2,17,18,19). The van der Waals surface area contributed by atoms with Gasteiger partial charge in [0, 0.05) is 23.8 Å². The third-order valence-corrected chi connectivity index (χ3v) is 3.86. The number of guanidine groups is 1. The molecule has 0 radical (unpaired) electrons. The van der Waals surface area contributed by atoms with E-state index in [-0.39, 0.29) is 12.5 Å². The SMILES string of the molecule is CN=C(NCC(=O)Nc1cc(Br)ccc1C)NCC1CC1. The number of hydrogen-bond donors (Lipinski definition) is 3. The molecule has 0 aliphatic heterocycles.